The number of ether oxygens (including phenoxy) is 1. The fourth-order valence-corrected chi connectivity index (χ4v) is 7.92. The summed E-state index contributed by atoms with van der Waals surface area (Å²) in [5, 5.41) is 29.1. The molecule has 3 aromatic carbocycles. The Labute approximate surface area is 297 Å². The number of nitrogens with one attached hydrogen (secondary N) is 2. The first-order valence-electron chi connectivity index (χ1n) is 18.0. The number of hydrogen-bond acceptors (Lipinski definition) is 7. The van der Waals surface area contributed by atoms with E-state index in [0.29, 0.717) is 29.7 Å². The molecule has 5 rings (SSSR count). The van der Waals surface area contributed by atoms with Crippen LogP contribution in [0.15, 0.2) is 72.8 Å². The second kappa shape index (κ2) is 16.1. The van der Waals surface area contributed by atoms with Gasteiger partial charge in [-0.15, -0.1) is 0 Å². The zero-order chi connectivity index (χ0) is 36.2. The number of para-hydroxylation sites is 1. The standard InChI is InChI=1S/C41H55N3O6/c1-25-22-34(26(2)27(3)41(25,5)6)43-40(48)37-36(28(4)46)35(24-45)50-44(37)23-32-14-11-15-33(38(32)49-7)30-16-18-31(19-17-30)39(47)42-21-20-29-12-9-8-10-13-29/h8-19,25-28,34-37,45-46H,20-24H2,1-7H3,(H,42,47)(H,43,48)/t25-,26+,27+,28+,34+,35+,36-,37+/m1/s1. The Morgan fingerprint density at radius 1 is 1.02 bits per heavy atom. The number of benzene rings is 3. The van der Waals surface area contributed by atoms with Crippen LogP contribution in [0.2, 0.25) is 0 Å². The minimum absolute atomic E-state index is 0.0167. The largest absolute Gasteiger partial charge is 0.496 e. The van der Waals surface area contributed by atoms with E-state index in [-0.39, 0.29) is 42.3 Å². The number of methoxy groups -OCH3 is 1. The lowest BCUT2D eigenvalue weighted by Crippen LogP contribution is -2.56. The van der Waals surface area contributed by atoms with Crippen molar-refractivity contribution >= 4 is 11.8 Å². The van der Waals surface area contributed by atoms with Crippen LogP contribution in [0.3, 0.4) is 0 Å². The molecule has 50 heavy (non-hydrogen) atoms. The zero-order valence-corrected chi connectivity index (χ0v) is 30.6. The molecule has 3 aromatic rings. The monoisotopic (exact) mass is 685 g/mol. The molecule has 9 nitrogen and oxygen atoms in total. The summed E-state index contributed by atoms with van der Waals surface area (Å²) < 4.78 is 5.96. The number of hydroxylamine groups is 2. The molecule has 0 spiro atoms. The highest BCUT2D eigenvalue weighted by molar-refractivity contribution is 5.94. The SMILES string of the molecule is COc1c(CN2O[C@@H](CO)[C@@H]([C@H](C)O)[C@H]2C(=O)N[C@H]2C[C@@H](C)C(C)(C)[C@@H](C)[C@@H]2C)cccc1-c1ccc(C(=O)NCCc2ccccc2)cc1. The fourth-order valence-electron chi connectivity index (χ4n) is 7.92. The van der Waals surface area contributed by atoms with Crippen LogP contribution in [0.25, 0.3) is 11.1 Å². The second-order valence-electron chi connectivity index (χ2n) is 15.0. The molecule has 0 aromatic heterocycles. The van der Waals surface area contributed by atoms with Crippen LogP contribution in [0.5, 0.6) is 5.75 Å². The molecule has 4 N–H and O–H groups in total. The molecule has 8 atom stereocenters. The summed E-state index contributed by atoms with van der Waals surface area (Å²) in [5.74, 6) is 0.722. The summed E-state index contributed by atoms with van der Waals surface area (Å²) in [6, 6.07) is 22.4. The van der Waals surface area contributed by atoms with Gasteiger partial charge in [0, 0.05) is 35.2 Å². The van der Waals surface area contributed by atoms with Gasteiger partial charge in [0.2, 0.25) is 5.91 Å². The zero-order valence-electron chi connectivity index (χ0n) is 30.6. The highest BCUT2D eigenvalue weighted by atomic mass is 16.7. The molecule has 1 heterocycles. The number of amides is 2. The second-order valence-corrected chi connectivity index (χ2v) is 15.0. The minimum atomic E-state index is -0.893. The average molecular weight is 686 g/mol. The van der Waals surface area contributed by atoms with Crippen molar-refractivity contribution in [3.63, 3.8) is 0 Å². The predicted molar refractivity (Wildman–Crippen MR) is 195 cm³/mol. The Hall–Kier alpha value is -3.76. The van der Waals surface area contributed by atoms with E-state index in [1.165, 1.54) is 5.56 Å². The summed E-state index contributed by atoms with van der Waals surface area (Å²) in [6.07, 6.45) is -0.0155. The third-order valence-electron chi connectivity index (χ3n) is 11.8. The number of carbonyl (C=O) groups is 2. The highest BCUT2D eigenvalue weighted by Gasteiger charge is 2.51. The summed E-state index contributed by atoms with van der Waals surface area (Å²) in [6.45, 7) is 13.4. The number of hydrogen-bond donors (Lipinski definition) is 4. The number of carbonyl (C=O) groups excluding carboxylic acids is 2. The predicted octanol–water partition coefficient (Wildman–Crippen LogP) is 5.63. The summed E-state index contributed by atoms with van der Waals surface area (Å²) in [7, 11) is 1.61. The highest BCUT2D eigenvalue weighted by Crippen LogP contribution is 2.47. The molecule has 1 saturated heterocycles. The van der Waals surface area contributed by atoms with Crippen LogP contribution in [-0.2, 0) is 22.6 Å². The van der Waals surface area contributed by atoms with Crippen molar-refractivity contribution < 1.29 is 29.4 Å². The van der Waals surface area contributed by atoms with Gasteiger partial charge in [-0.3, -0.25) is 14.4 Å². The normalized spacial score (nSPS) is 27.0. The Morgan fingerprint density at radius 3 is 2.36 bits per heavy atom. The van der Waals surface area contributed by atoms with Gasteiger partial charge in [-0.05, 0) is 66.2 Å². The Morgan fingerprint density at radius 2 is 1.72 bits per heavy atom. The van der Waals surface area contributed by atoms with E-state index < -0.39 is 24.2 Å². The van der Waals surface area contributed by atoms with Gasteiger partial charge in [0.15, 0.2) is 0 Å². The number of nitrogens with zero attached hydrogens (tertiary/aromatic N) is 1. The molecule has 2 aliphatic rings. The molecule has 270 valence electrons. The molecule has 0 bridgehead atoms. The lowest BCUT2D eigenvalue weighted by Gasteiger charge is -2.50. The Bertz CT molecular complexity index is 1590. The smallest absolute Gasteiger partial charge is 0.251 e. The van der Waals surface area contributed by atoms with Gasteiger partial charge in [-0.2, -0.15) is 5.06 Å². The quantitative estimate of drug-likeness (QED) is 0.195. The average Bonchev–Trinajstić information content (AvgIpc) is 3.49. The van der Waals surface area contributed by atoms with Crippen LogP contribution in [0.1, 0.15) is 69.4 Å². The Kier molecular flexibility index (Phi) is 12.0. The number of aliphatic hydroxyl groups excluding tert-OH is 2. The molecule has 9 heteroatoms. The molecular weight excluding hydrogens is 630 g/mol. The van der Waals surface area contributed by atoms with Crippen LogP contribution in [0, 0.1) is 29.1 Å². The van der Waals surface area contributed by atoms with Crippen molar-refractivity contribution in [2.75, 3.05) is 20.3 Å². The maximum absolute atomic E-state index is 14.2. The third kappa shape index (κ3) is 7.91. The van der Waals surface area contributed by atoms with Crippen molar-refractivity contribution in [1.29, 1.82) is 0 Å². The first-order chi connectivity index (χ1) is 23.9. The maximum Gasteiger partial charge on any atom is 0.251 e. The molecule has 1 aliphatic heterocycles. The minimum Gasteiger partial charge on any atom is -0.496 e. The first-order valence-corrected chi connectivity index (χ1v) is 18.0. The fraction of sp³-hybridized carbons (Fsp3) is 0.512. The first kappa shape index (κ1) is 37.5. The van der Waals surface area contributed by atoms with E-state index in [1.807, 2.05) is 60.7 Å². The van der Waals surface area contributed by atoms with E-state index in [4.69, 9.17) is 9.57 Å². The van der Waals surface area contributed by atoms with Gasteiger partial charge < -0.3 is 25.6 Å². The van der Waals surface area contributed by atoms with Crippen molar-refractivity contribution in [2.45, 2.75) is 85.2 Å². The lowest BCUT2D eigenvalue weighted by molar-refractivity contribution is -0.182. The van der Waals surface area contributed by atoms with E-state index in [2.05, 4.69) is 45.3 Å². The lowest BCUT2D eigenvalue weighted by atomic mass is 9.58. The molecular formula is C41H55N3O6. The van der Waals surface area contributed by atoms with E-state index >= 15 is 0 Å². The van der Waals surface area contributed by atoms with Crippen LogP contribution >= 0.6 is 0 Å². The molecule has 0 unspecified atom stereocenters. The molecule has 0 radical (unpaired) electrons. The summed E-state index contributed by atoms with van der Waals surface area (Å²) in [5.41, 5.74) is 4.37. The topological polar surface area (TPSA) is 120 Å². The van der Waals surface area contributed by atoms with Gasteiger partial charge in [0.25, 0.3) is 5.91 Å². The summed E-state index contributed by atoms with van der Waals surface area (Å²) in [4.78, 5) is 33.3. The van der Waals surface area contributed by atoms with Gasteiger partial charge in [-0.1, -0.05) is 95.3 Å². The third-order valence-corrected chi connectivity index (χ3v) is 11.8. The van der Waals surface area contributed by atoms with Crippen molar-refractivity contribution in [3.05, 3.63) is 89.5 Å². The van der Waals surface area contributed by atoms with Crippen molar-refractivity contribution in [3.8, 4) is 16.9 Å². The molecule has 2 fully saturated rings. The Balaban J connectivity index is 1.34. The van der Waals surface area contributed by atoms with Crippen LogP contribution in [0.4, 0.5) is 0 Å². The maximum atomic E-state index is 14.2. The van der Waals surface area contributed by atoms with E-state index in [0.717, 1.165) is 29.5 Å². The van der Waals surface area contributed by atoms with E-state index in [1.54, 1.807) is 31.2 Å². The van der Waals surface area contributed by atoms with Gasteiger partial charge in [0.1, 0.15) is 17.9 Å². The molecule has 1 saturated carbocycles. The van der Waals surface area contributed by atoms with Crippen molar-refractivity contribution in [1.82, 2.24) is 15.7 Å². The molecule has 2 amide bonds. The van der Waals surface area contributed by atoms with Gasteiger partial charge in [0.05, 0.1) is 26.4 Å². The van der Waals surface area contributed by atoms with Crippen LogP contribution < -0.4 is 15.4 Å². The molecule has 1 aliphatic carbocycles. The van der Waals surface area contributed by atoms with Gasteiger partial charge >= 0.3 is 0 Å². The summed E-state index contributed by atoms with van der Waals surface area (Å²) >= 11 is 0. The van der Waals surface area contributed by atoms with Gasteiger partial charge in [-0.25, -0.2) is 0 Å². The van der Waals surface area contributed by atoms with E-state index in [9.17, 15) is 19.8 Å². The van der Waals surface area contributed by atoms with Crippen LogP contribution in [-0.4, -0.2) is 71.6 Å². The number of aliphatic hydroxyl groups is 2. The number of rotatable bonds is 12. The van der Waals surface area contributed by atoms with Crippen molar-refractivity contribution in [2.24, 2.45) is 29.1 Å².